The average Bonchev–Trinajstić information content (AvgIpc) is 3.04. The first-order chi connectivity index (χ1) is 13.5. The van der Waals surface area contributed by atoms with Gasteiger partial charge in [0.2, 0.25) is 0 Å². The second-order valence-electron chi connectivity index (χ2n) is 7.84. The van der Waals surface area contributed by atoms with Gasteiger partial charge in [-0.15, -0.1) is 0 Å². The van der Waals surface area contributed by atoms with Crippen molar-refractivity contribution < 1.29 is 0 Å². The van der Waals surface area contributed by atoms with Crippen LogP contribution in [0.15, 0.2) is 36.5 Å². The van der Waals surface area contributed by atoms with E-state index in [1.807, 2.05) is 18.2 Å². The second-order valence-corrected chi connectivity index (χ2v) is 7.84. The van der Waals surface area contributed by atoms with Gasteiger partial charge in [0.25, 0.3) is 0 Å². The van der Waals surface area contributed by atoms with Gasteiger partial charge < -0.3 is 15.2 Å². The fourth-order valence-corrected chi connectivity index (χ4v) is 3.51. The molecule has 3 heteroatoms. The minimum Gasteiger partial charge on any atom is -0.354 e. The second kappa shape index (κ2) is 14.4. The molecule has 0 aliphatic heterocycles. The highest BCUT2D eigenvalue weighted by atomic mass is 15.1. The zero-order valence-corrected chi connectivity index (χ0v) is 19.0. The van der Waals surface area contributed by atoms with Gasteiger partial charge in [-0.05, 0) is 70.2 Å². The SMILES string of the molecule is CCCCc1cn(C)c2c1CCCC2.CCN(C)CCN.Cc1ccccc1. The maximum Gasteiger partial charge on any atom is 0.0206 e. The number of unbranched alkanes of at least 4 members (excludes halogenated alkanes) is 1. The summed E-state index contributed by atoms with van der Waals surface area (Å²) in [6, 6.07) is 10.3. The lowest BCUT2D eigenvalue weighted by atomic mass is 9.93. The molecule has 0 spiro atoms. The van der Waals surface area contributed by atoms with Crippen LogP contribution in [0.1, 0.15) is 61.9 Å². The summed E-state index contributed by atoms with van der Waals surface area (Å²) in [6.07, 6.45) is 11.7. The highest BCUT2D eigenvalue weighted by Gasteiger charge is 2.16. The molecule has 2 aromatic rings. The van der Waals surface area contributed by atoms with Crippen molar-refractivity contribution >= 4 is 0 Å². The molecule has 158 valence electrons. The third kappa shape index (κ3) is 9.07. The van der Waals surface area contributed by atoms with E-state index in [9.17, 15) is 0 Å². The summed E-state index contributed by atoms with van der Waals surface area (Å²) >= 11 is 0. The number of rotatable bonds is 6. The summed E-state index contributed by atoms with van der Waals surface area (Å²) in [4.78, 5) is 2.18. The van der Waals surface area contributed by atoms with Crippen molar-refractivity contribution in [2.24, 2.45) is 12.8 Å². The molecule has 28 heavy (non-hydrogen) atoms. The maximum absolute atomic E-state index is 5.26. The van der Waals surface area contributed by atoms with E-state index in [0.717, 1.165) is 19.6 Å². The molecule has 0 saturated heterocycles. The summed E-state index contributed by atoms with van der Waals surface area (Å²) in [6.45, 7) is 9.35. The molecule has 0 bridgehead atoms. The van der Waals surface area contributed by atoms with Gasteiger partial charge >= 0.3 is 0 Å². The molecule has 0 atom stereocenters. The first kappa shape index (κ1) is 24.5. The van der Waals surface area contributed by atoms with Crippen LogP contribution in [-0.4, -0.2) is 36.1 Å². The van der Waals surface area contributed by atoms with Crippen LogP contribution in [0, 0.1) is 6.92 Å². The standard InChI is InChI=1S/C13H21N.C7H8.C5H14N2/c1-3-4-7-11-10-14(2)13-9-6-5-8-12(11)13;1-7-5-3-2-4-6-7;1-3-7(2)5-4-6/h10H,3-9H2,1-2H3;2-6H,1H3;3-6H2,1-2H3. The van der Waals surface area contributed by atoms with Crippen LogP contribution in [-0.2, 0) is 26.3 Å². The van der Waals surface area contributed by atoms with Crippen molar-refractivity contribution in [2.45, 2.75) is 65.7 Å². The Kier molecular flexibility index (Phi) is 12.6. The lowest BCUT2D eigenvalue weighted by Crippen LogP contribution is -2.24. The molecule has 1 heterocycles. The van der Waals surface area contributed by atoms with E-state index in [1.165, 1.54) is 50.5 Å². The van der Waals surface area contributed by atoms with Gasteiger partial charge in [0, 0.05) is 32.0 Å². The Morgan fingerprint density at radius 1 is 1.07 bits per heavy atom. The summed E-state index contributed by atoms with van der Waals surface area (Å²) < 4.78 is 2.36. The molecular formula is C25H43N3. The number of fused-ring (bicyclic) bond motifs is 1. The van der Waals surface area contributed by atoms with Crippen molar-refractivity contribution in [1.82, 2.24) is 9.47 Å². The molecule has 3 nitrogen and oxygen atoms in total. The van der Waals surface area contributed by atoms with Gasteiger partial charge in [0.15, 0.2) is 0 Å². The average molecular weight is 386 g/mol. The smallest absolute Gasteiger partial charge is 0.0206 e. The Balaban J connectivity index is 0.000000237. The molecule has 0 amide bonds. The number of nitrogens with two attached hydrogens (primary N) is 1. The zero-order valence-electron chi connectivity index (χ0n) is 19.0. The fraction of sp³-hybridized carbons (Fsp3) is 0.600. The number of benzene rings is 1. The minimum atomic E-state index is 0.768. The van der Waals surface area contributed by atoms with Crippen LogP contribution in [0.25, 0.3) is 0 Å². The predicted molar refractivity (Wildman–Crippen MR) is 124 cm³/mol. The van der Waals surface area contributed by atoms with Crippen molar-refractivity contribution in [3.63, 3.8) is 0 Å². The van der Waals surface area contributed by atoms with E-state index in [4.69, 9.17) is 5.73 Å². The molecule has 0 radical (unpaired) electrons. The highest BCUT2D eigenvalue weighted by molar-refractivity contribution is 5.34. The number of nitrogens with zero attached hydrogens (tertiary/aromatic N) is 2. The lowest BCUT2D eigenvalue weighted by molar-refractivity contribution is 0.363. The van der Waals surface area contributed by atoms with E-state index in [0.29, 0.717) is 0 Å². The molecule has 0 saturated carbocycles. The topological polar surface area (TPSA) is 34.2 Å². The van der Waals surface area contributed by atoms with Crippen LogP contribution < -0.4 is 5.73 Å². The molecule has 1 aliphatic carbocycles. The maximum atomic E-state index is 5.26. The molecule has 1 aromatic carbocycles. The van der Waals surface area contributed by atoms with Crippen molar-refractivity contribution in [1.29, 1.82) is 0 Å². The van der Waals surface area contributed by atoms with Crippen LogP contribution >= 0.6 is 0 Å². The Bertz CT molecular complexity index is 631. The zero-order chi connectivity index (χ0) is 20.8. The fourth-order valence-electron chi connectivity index (χ4n) is 3.51. The highest BCUT2D eigenvalue weighted by Crippen LogP contribution is 2.26. The van der Waals surface area contributed by atoms with Gasteiger partial charge in [0.05, 0.1) is 0 Å². The third-order valence-electron chi connectivity index (χ3n) is 5.39. The Hall–Kier alpha value is -1.58. The summed E-state index contributed by atoms with van der Waals surface area (Å²) in [5.74, 6) is 0. The molecule has 2 N–H and O–H groups in total. The number of hydrogen-bond acceptors (Lipinski definition) is 2. The summed E-state index contributed by atoms with van der Waals surface area (Å²) in [7, 11) is 4.27. The third-order valence-corrected chi connectivity index (χ3v) is 5.39. The van der Waals surface area contributed by atoms with E-state index >= 15 is 0 Å². The lowest BCUT2D eigenvalue weighted by Gasteiger charge is -2.14. The quantitative estimate of drug-likeness (QED) is 0.747. The largest absolute Gasteiger partial charge is 0.354 e. The summed E-state index contributed by atoms with van der Waals surface area (Å²) in [5, 5.41) is 0. The molecule has 1 aliphatic rings. The van der Waals surface area contributed by atoms with Crippen LogP contribution in [0.3, 0.4) is 0 Å². The number of likely N-dealkylation sites (N-methyl/N-ethyl adjacent to an activating group) is 1. The molecular weight excluding hydrogens is 342 g/mol. The van der Waals surface area contributed by atoms with Gasteiger partial charge in [-0.2, -0.15) is 0 Å². The van der Waals surface area contributed by atoms with E-state index in [1.54, 1.807) is 16.8 Å². The first-order valence-electron chi connectivity index (χ1n) is 11.1. The first-order valence-corrected chi connectivity index (χ1v) is 11.1. The van der Waals surface area contributed by atoms with E-state index in [2.05, 4.69) is 62.7 Å². The van der Waals surface area contributed by atoms with Crippen molar-refractivity contribution in [2.75, 3.05) is 26.7 Å². The molecule has 3 rings (SSSR count). The van der Waals surface area contributed by atoms with E-state index < -0.39 is 0 Å². The monoisotopic (exact) mass is 385 g/mol. The van der Waals surface area contributed by atoms with Crippen LogP contribution in [0.4, 0.5) is 0 Å². The van der Waals surface area contributed by atoms with Gasteiger partial charge in [-0.1, -0.05) is 56.2 Å². The molecule has 1 aromatic heterocycles. The van der Waals surface area contributed by atoms with Crippen molar-refractivity contribution in [3.05, 3.63) is 58.9 Å². The number of hydrogen-bond donors (Lipinski definition) is 1. The Morgan fingerprint density at radius 3 is 2.25 bits per heavy atom. The van der Waals surface area contributed by atoms with Gasteiger partial charge in [-0.3, -0.25) is 0 Å². The minimum absolute atomic E-state index is 0.768. The normalized spacial score (nSPS) is 12.5. The Labute approximate surface area is 173 Å². The van der Waals surface area contributed by atoms with Gasteiger partial charge in [-0.25, -0.2) is 0 Å². The molecule has 0 fully saturated rings. The summed E-state index contributed by atoms with van der Waals surface area (Å²) in [5.41, 5.74) is 11.5. The van der Waals surface area contributed by atoms with Crippen LogP contribution in [0.5, 0.6) is 0 Å². The predicted octanol–water partition coefficient (Wildman–Crippen LogP) is 5.14. The van der Waals surface area contributed by atoms with Crippen molar-refractivity contribution in [3.8, 4) is 0 Å². The Morgan fingerprint density at radius 2 is 1.75 bits per heavy atom. The van der Waals surface area contributed by atoms with E-state index in [-0.39, 0.29) is 0 Å². The van der Waals surface area contributed by atoms with Gasteiger partial charge in [0.1, 0.15) is 0 Å². The number of aromatic nitrogens is 1. The number of aryl methyl sites for hydroxylation is 3. The van der Waals surface area contributed by atoms with Crippen LogP contribution in [0.2, 0.25) is 0 Å². The molecule has 0 unspecified atom stereocenters.